The molecule has 0 aliphatic carbocycles. The molecule has 0 aliphatic heterocycles. The Balaban J connectivity index is 2.07. The SMILES string of the molecule is CCCOC(=O)/C=C(/c1ccccc1)C(Nc1ccccc1)c1ccc(Cl)cc1. The number of carbonyl (C=O) groups excluding carboxylic acids is 1. The molecule has 3 aromatic rings. The van der Waals surface area contributed by atoms with Crippen LogP contribution >= 0.6 is 11.6 Å². The molecule has 0 saturated heterocycles. The number of benzene rings is 3. The summed E-state index contributed by atoms with van der Waals surface area (Å²) < 4.78 is 5.33. The van der Waals surface area contributed by atoms with Crippen molar-refractivity contribution in [1.82, 2.24) is 0 Å². The van der Waals surface area contributed by atoms with Gasteiger partial charge in [0.15, 0.2) is 0 Å². The van der Waals surface area contributed by atoms with Crippen LogP contribution in [0.2, 0.25) is 5.02 Å². The first kappa shape index (κ1) is 20.7. The van der Waals surface area contributed by atoms with Crippen LogP contribution in [0, 0.1) is 0 Å². The second-order valence-corrected chi connectivity index (χ2v) is 7.06. The lowest BCUT2D eigenvalue weighted by Gasteiger charge is -2.24. The van der Waals surface area contributed by atoms with Gasteiger partial charge < -0.3 is 10.1 Å². The lowest BCUT2D eigenvalue weighted by molar-refractivity contribution is -0.137. The molecule has 1 atom stereocenters. The van der Waals surface area contributed by atoms with Crippen molar-refractivity contribution < 1.29 is 9.53 Å². The summed E-state index contributed by atoms with van der Waals surface area (Å²) in [4.78, 5) is 12.5. The monoisotopic (exact) mass is 405 g/mol. The van der Waals surface area contributed by atoms with Crippen LogP contribution in [-0.2, 0) is 9.53 Å². The zero-order valence-corrected chi connectivity index (χ0v) is 17.1. The zero-order chi connectivity index (χ0) is 20.5. The molecule has 0 fully saturated rings. The van der Waals surface area contributed by atoms with E-state index in [0.717, 1.165) is 28.8 Å². The van der Waals surface area contributed by atoms with Crippen molar-refractivity contribution in [2.24, 2.45) is 0 Å². The molecule has 3 aromatic carbocycles. The fourth-order valence-electron chi connectivity index (χ4n) is 3.03. The Morgan fingerprint density at radius 2 is 1.59 bits per heavy atom. The molecule has 0 bridgehead atoms. The van der Waals surface area contributed by atoms with Crippen LogP contribution in [-0.4, -0.2) is 12.6 Å². The maximum atomic E-state index is 12.5. The highest BCUT2D eigenvalue weighted by Crippen LogP contribution is 2.34. The third-order valence-electron chi connectivity index (χ3n) is 4.43. The maximum Gasteiger partial charge on any atom is 0.331 e. The molecule has 0 aromatic heterocycles. The number of para-hydroxylation sites is 1. The van der Waals surface area contributed by atoms with Crippen molar-refractivity contribution in [2.75, 3.05) is 11.9 Å². The number of nitrogens with one attached hydrogen (secondary N) is 1. The van der Waals surface area contributed by atoms with Crippen molar-refractivity contribution >= 4 is 28.8 Å². The quantitative estimate of drug-likeness (QED) is 0.342. The van der Waals surface area contributed by atoms with E-state index in [1.54, 1.807) is 6.08 Å². The number of hydrogen-bond donors (Lipinski definition) is 1. The summed E-state index contributed by atoms with van der Waals surface area (Å²) in [5, 5.41) is 4.22. The molecule has 1 N–H and O–H groups in total. The Hall–Kier alpha value is -3.04. The molecule has 0 radical (unpaired) electrons. The summed E-state index contributed by atoms with van der Waals surface area (Å²) in [5.41, 5.74) is 3.73. The standard InChI is InChI=1S/C25H24ClNO2/c1-2-17-29-24(28)18-23(19-9-5-3-6-10-19)25(20-13-15-21(26)16-14-20)27-22-11-7-4-8-12-22/h3-16,18,25,27H,2,17H2,1H3/b23-18-. The number of carbonyl (C=O) groups is 1. The van der Waals surface area contributed by atoms with Crippen molar-refractivity contribution in [3.63, 3.8) is 0 Å². The molecule has 0 heterocycles. The molecular weight excluding hydrogens is 382 g/mol. The minimum absolute atomic E-state index is 0.258. The van der Waals surface area contributed by atoms with Crippen LogP contribution in [0.25, 0.3) is 5.57 Å². The van der Waals surface area contributed by atoms with Gasteiger partial charge in [0.2, 0.25) is 0 Å². The molecular formula is C25H24ClNO2. The van der Waals surface area contributed by atoms with Gasteiger partial charge in [0, 0.05) is 16.8 Å². The number of halogens is 1. The minimum atomic E-state index is -0.348. The van der Waals surface area contributed by atoms with Crippen molar-refractivity contribution in [3.05, 3.63) is 107 Å². The molecule has 3 rings (SSSR count). The van der Waals surface area contributed by atoms with Crippen molar-refractivity contribution in [2.45, 2.75) is 19.4 Å². The number of hydrogen-bond acceptors (Lipinski definition) is 3. The van der Waals surface area contributed by atoms with Crippen LogP contribution in [0.15, 0.2) is 91.0 Å². The number of esters is 1. The largest absolute Gasteiger partial charge is 0.463 e. The molecule has 1 unspecified atom stereocenters. The second-order valence-electron chi connectivity index (χ2n) is 6.63. The van der Waals surface area contributed by atoms with Crippen molar-refractivity contribution in [3.8, 4) is 0 Å². The van der Waals surface area contributed by atoms with Gasteiger partial charge in [0.25, 0.3) is 0 Å². The van der Waals surface area contributed by atoms with E-state index in [2.05, 4.69) is 5.32 Å². The van der Waals surface area contributed by atoms with Gasteiger partial charge in [-0.3, -0.25) is 0 Å². The average Bonchev–Trinajstić information content (AvgIpc) is 2.77. The molecule has 148 valence electrons. The Morgan fingerprint density at radius 1 is 0.966 bits per heavy atom. The van der Waals surface area contributed by atoms with Crippen molar-refractivity contribution in [1.29, 1.82) is 0 Å². The fraction of sp³-hybridized carbons (Fsp3) is 0.160. The van der Waals surface area contributed by atoms with Gasteiger partial charge in [-0.15, -0.1) is 0 Å². The Kier molecular flexibility index (Phi) is 7.48. The second kappa shape index (κ2) is 10.5. The maximum absolute atomic E-state index is 12.5. The van der Waals surface area contributed by atoms with Gasteiger partial charge in [-0.25, -0.2) is 4.79 Å². The Morgan fingerprint density at radius 3 is 2.21 bits per heavy atom. The summed E-state index contributed by atoms with van der Waals surface area (Å²) in [6, 6.07) is 27.2. The third kappa shape index (κ3) is 5.97. The van der Waals surface area contributed by atoms with Crippen LogP contribution < -0.4 is 5.32 Å². The molecule has 0 aliphatic rings. The van der Waals surface area contributed by atoms with E-state index in [9.17, 15) is 4.79 Å². The third-order valence-corrected chi connectivity index (χ3v) is 4.68. The number of rotatable bonds is 8. The minimum Gasteiger partial charge on any atom is -0.463 e. The van der Waals surface area contributed by atoms with Crippen LogP contribution in [0.4, 0.5) is 5.69 Å². The van der Waals surface area contributed by atoms with Gasteiger partial charge in [-0.1, -0.05) is 79.2 Å². The van der Waals surface area contributed by atoms with Gasteiger partial charge >= 0.3 is 5.97 Å². The van der Waals surface area contributed by atoms with E-state index < -0.39 is 0 Å². The van der Waals surface area contributed by atoms with E-state index >= 15 is 0 Å². The summed E-state index contributed by atoms with van der Waals surface area (Å²) in [7, 11) is 0. The first-order valence-electron chi connectivity index (χ1n) is 9.68. The lowest BCUT2D eigenvalue weighted by Crippen LogP contribution is -2.15. The van der Waals surface area contributed by atoms with E-state index in [-0.39, 0.29) is 12.0 Å². The molecule has 29 heavy (non-hydrogen) atoms. The molecule has 0 spiro atoms. The predicted molar refractivity (Wildman–Crippen MR) is 120 cm³/mol. The van der Waals surface area contributed by atoms with E-state index in [1.807, 2.05) is 91.9 Å². The van der Waals surface area contributed by atoms with Crippen LogP contribution in [0.1, 0.15) is 30.5 Å². The summed E-state index contributed by atoms with van der Waals surface area (Å²) >= 11 is 6.11. The van der Waals surface area contributed by atoms with Gasteiger partial charge in [0.1, 0.15) is 0 Å². The highest BCUT2D eigenvalue weighted by atomic mass is 35.5. The normalized spacial score (nSPS) is 12.3. The molecule has 3 nitrogen and oxygen atoms in total. The Labute approximate surface area is 177 Å². The van der Waals surface area contributed by atoms with E-state index in [4.69, 9.17) is 16.3 Å². The zero-order valence-electron chi connectivity index (χ0n) is 16.3. The van der Waals surface area contributed by atoms with Gasteiger partial charge in [-0.05, 0) is 47.4 Å². The van der Waals surface area contributed by atoms with Crippen LogP contribution in [0.3, 0.4) is 0 Å². The highest BCUT2D eigenvalue weighted by molar-refractivity contribution is 6.30. The number of anilines is 1. The highest BCUT2D eigenvalue weighted by Gasteiger charge is 2.20. The van der Waals surface area contributed by atoms with Gasteiger partial charge in [-0.2, -0.15) is 0 Å². The summed E-state index contributed by atoms with van der Waals surface area (Å²) in [6.45, 7) is 2.37. The summed E-state index contributed by atoms with van der Waals surface area (Å²) in [6.07, 6.45) is 2.36. The molecule has 0 amide bonds. The van der Waals surface area contributed by atoms with Gasteiger partial charge in [0.05, 0.1) is 12.6 Å². The average molecular weight is 406 g/mol. The number of ether oxygens (including phenoxy) is 1. The summed E-state index contributed by atoms with van der Waals surface area (Å²) in [5.74, 6) is -0.348. The fourth-order valence-corrected chi connectivity index (χ4v) is 3.16. The predicted octanol–water partition coefficient (Wildman–Crippen LogP) is 6.53. The van der Waals surface area contributed by atoms with E-state index in [0.29, 0.717) is 11.6 Å². The lowest BCUT2D eigenvalue weighted by atomic mass is 9.92. The smallest absolute Gasteiger partial charge is 0.331 e. The topological polar surface area (TPSA) is 38.3 Å². The van der Waals surface area contributed by atoms with Crippen LogP contribution in [0.5, 0.6) is 0 Å². The Bertz CT molecular complexity index is 938. The first-order chi connectivity index (χ1) is 14.2. The molecule has 0 saturated carbocycles. The van der Waals surface area contributed by atoms with E-state index in [1.165, 1.54) is 0 Å². The first-order valence-corrected chi connectivity index (χ1v) is 10.1. The molecule has 4 heteroatoms.